The van der Waals surface area contributed by atoms with Gasteiger partial charge in [-0.25, -0.2) is 0 Å². The molecule has 0 aromatic carbocycles. The Labute approximate surface area is 135 Å². The van der Waals surface area contributed by atoms with Crippen LogP contribution in [0.1, 0.15) is 23.2 Å². The highest BCUT2D eigenvalue weighted by Crippen LogP contribution is 2.24. The summed E-state index contributed by atoms with van der Waals surface area (Å²) in [7, 11) is 3.68. The van der Waals surface area contributed by atoms with Gasteiger partial charge in [-0.3, -0.25) is 14.6 Å². The molecule has 1 fully saturated rings. The first-order valence-electron chi connectivity index (χ1n) is 7.70. The van der Waals surface area contributed by atoms with Crippen molar-refractivity contribution in [1.82, 2.24) is 10.3 Å². The molecule has 1 atom stereocenters. The van der Waals surface area contributed by atoms with Crippen molar-refractivity contribution >= 4 is 17.6 Å². The van der Waals surface area contributed by atoms with Crippen molar-refractivity contribution in [2.24, 2.45) is 11.8 Å². The largest absolute Gasteiger partial charge is 0.481 e. The zero-order valence-electron chi connectivity index (χ0n) is 13.5. The quantitative estimate of drug-likeness (QED) is 0.812. The Morgan fingerprint density at radius 2 is 2.13 bits per heavy atom. The maximum Gasteiger partial charge on any atom is 0.308 e. The lowest BCUT2D eigenvalue weighted by Gasteiger charge is -2.27. The average molecular weight is 321 g/mol. The molecule has 2 N–H and O–H groups in total. The van der Waals surface area contributed by atoms with Crippen molar-refractivity contribution in [1.29, 1.82) is 0 Å². The van der Waals surface area contributed by atoms with Gasteiger partial charge in [-0.1, -0.05) is 0 Å². The minimum atomic E-state index is -0.879. The first-order valence-corrected chi connectivity index (χ1v) is 7.70. The summed E-state index contributed by atoms with van der Waals surface area (Å²) < 4.78 is 5.27. The number of nitrogens with one attached hydrogen (secondary N) is 1. The van der Waals surface area contributed by atoms with Crippen LogP contribution in [0.3, 0.4) is 0 Å². The van der Waals surface area contributed by atoms with E-state index in [2.05, 4.69) is 10.3 Å². The number of carboxylic acid groups (broad SMARTS) is 1. The van der Waals surface area contributed by atoms with Crippen LogP contribution in [0.5, 0.6) is 0 Å². The van der Waals surface area contributed by atoms with Crippen LogP contribution in [0, 0.1) is 11.8 Å². The lowest BCUT2D eigenvalue weighted by molar-refractivity contribution is -0.144. The third-order valence-electron chi connectivity index (χ3n) is 4.16. The van der Waals surface area contributed by atoms with Crippen molar-refractivity contribution in [3.05, 3.63) is 24.0 Å². The minimum absolute atomic E-state index is 0.0313. The molecule has 2 rings (SSSR count). The highest BCUT2D eigenvalue weighted by Gasteiger charge is 2.30. The standard InChI is InChI=1S/C16H23N3O4/c1-19(2)14-3-6-17-9-13(14)15(20)18-10-12(16(21)22)11-4-7-23-8-5-11/h3,6,9,11-12H,4-5,7-8,10H2,1-2H3,(H,18,20)(H,21,22). The number of hydrogen-bond donors (Lipinski definition) is 2. The summed E-state index contributed by atoms with van der Waals surface area (Å²) in [6, 6.07) is 1.75. The first-order chi connectivity index (χ1) is 11.0. The number of carboxylic acids is 1. The van der Waals surface area contributed by atoms with Crippen LogP contribution < -0.4 is 10.2 Å². The minimum Gasteiger partial charge on any atom is -0.481 e. The van der Waals surface area contributed by atoms with Crippen LogP contribution in [-0.4, -0.2) is 55.8 Å². The summed E-state index contributed by atoms with van der Waals surface area (Å²) in [6.45, 7) is 1.27. The van der Waals surface area contributed by atoms with Gasteiger partial charge in [0.15, 0.2) is 0 Å². The third-order valence-corrected chi connectivity index (χ3v) is 4.16. The van der Waals surface area contributed by atoms with E-state index < -0.39 is 11.9 Å². The van der Waals surface area contributed by atoms with Gasteiger partial charge in [0, 0.05) is 46.2 Å². The third kappa shape index (κ3) is 4.41. The van der Waals surface area contributed by atoms with Crippen LogP contribution in [0.15, 0.2) is 18.5 Å². The molecule has 126 valence electrons. The van der Waals surface area contributed by atoms with Crippen molar-refractivity contribution in [2.75, 3.05) is 38.8 Å². The summed E-state index contributed by atoms with van der Waals surface area (Å²) in [5.74, 6) is -1.75. The predicted octanol–water partition coefficient (Wildman–Crippen LogP) is 1.00. The SMILES string of the molecule is CN(C)c1ccncc1C(=O)NCC(C(=O)O)C1CCOCC1. The van der Waals surface area contributed by atoms with E-state index in [0.29, 0.717) is 31.6 Å². The number of hydrogen-bond acceptors (Lipinski definition) is 5. The smallest absolute Gasteiger partial charge is 0.308 e. The van der Waals surface area contributed by atoms with E-state index in [1.807, 2.05) is 19.0 Å². The molecule has 1 aliphatic heterocycles. The number of amides is 1. The molecule has 0 bridgehead atoms. The monoisotopic (exact) mass is 321 g/mol. The van der Waals surface area contributed by atoms with Crippen molar-refractivity contribution in [3.8, 4) is 0 Å². The molecule has 23 heavy (non-hydrogen) atoms. The Bertz CT molecular complexity index is 556. The van der Waals surface area contributed by atoms with Crippen molar-refractivity contribution < 1.29 is 19.4 Å². The van der Waals surface area contributed by atoms with E-state index >= 15 is 0 Å². The molecule has 7 heteroatoms. The number of carbonyl (C=O) groups is 2. The number of anilines is 1. The zero-order valence-corrected chi connectivity index (χ0v) is 13.5. The van der Waals surface area contributed by atoms with Gasteiger partial charge in [-0.05, 0) is 24.8 Å². The van der Waals surface area contributed by atoms with Crippen LogP contribution >= 0.6 is 0 Å². The van der Waals surface area contributed by atoms with E-state index in [-0.39, 0.29) is 18.4 Å². The predicted molar refractivity (Wildman–Crippen MR) is 85.6 cm³/mol. The van der Waals surface area contributed by atoms with E-state index in [0.717, 1.165) is 5.69 Å². The van der Waals surface area contributed by atoms with Gasteiger partial charge in [0.05, 0.1) is 17.2 Å². The summed E-state index contributed by atoms with van der Waals surface area (Å²) in [5.41, 5.74) is 1.18. The second-order valence-corrected chi connectivity index (χ2v) is 5.89. The summed E-state index contributed by atoms with van der Waals surface area (Å²) in [5, 5.41) is 12.2. The van der Waals surface area contributed by atoms with Gasteiger partial charge in [0.1, 0.15) is 0 Å². The Balaban J connectivity index is 2.03. The number of nitrogens with zero attached hydrogens (tertiary/aromatic N) is 2. The fraction of sp³-hybridized carbons (Fsp3) is 0.562. The molecule has 0 aliphatic carbocycles. The average Bonchev–Trinajstić information content (AvgIpc) is 2.55. The highest BCUT2D eigenvalue weighted by atomic mass is 16.5. The lowest BCUT2D eigenvalue weighted by atomic mass is 9.86. The van der Waals surface area contributed by atoms with E-state index in [9.17, 15) is 14.7 Å². The maximum atomic E-state index is 12.4. The molecule has 0 saturated carbocycles. The number of aromatic nitrogens is 1. The van der Waals surface area contributed by atoms with Crippen LogP contribution in [-0.2, 0) is 9.53 Å². The number of pyridine rings is 1. The number of rotatable bonds is 6. The lowest BCUT2D eigenvalue weighted by Crippen LogP contribution is -2.39. The number of aliphatic carboxylic acids is 1. The van der Waals surface area contributed by atoms with Gasteiger partial charge in [-0.15, -0.1) is 0 Å². The summed E-state index contributed by atoms with van der Waals surface area (Å²) in [4.78, 5) is 29.7. The summed E-state index contributed by atoms with van der Waals surface area (Å²) in [6.07, 6.45) is 4.54. The van der Waals surface area contributed by atoms with Gasteiger partial charge in [-0.2, -0.15) is 0 Å². The Morgan fingerprint density at radius 3 is 2.74 bits per heavy atom. The normalized spacial score (nSPS) is 16.6. The molecule has 1 aromatic rings. The zero-order chi connectivity index (χ0) is 16.8. The summed E-state index contributed by atoms with van der Waals surface area (Å²) >= 11 is 0. The van der Waals surface area contributed by atoms with Gasteiger partial charge in [0.25, 0.3) is 5.91 Å². The van der Waals surface area contributed by atoms with Gasteiger partial charge < -0.3 is 20.1 Å². The van der Waals surface area contributed by atoms with Gasteiger partial charge in [0.2, 0.25) is 0 Å². The molecular weight excluding hydrogens is 298 g/mol. The molecule has 1 aliphatic rings. The molecule has 1 amide bonds. The Hall–Kier alpha value is -2.15. The molecule has 2 heterocycles. The second-order valence-electron chi connectivity index (χ2n) is 5.89. The number of carbonyl (C=O) groups excluding carboxylic acids is 1. The van der Waals surface area contributed by atoms with Crippen LogP contribution in [0.4, 0.5) is 5.69 Å². The first kappa shape index (κ1) is 17.2. The molecule has 0 radical (unpaired) electrons. The van der Waals surface area contributed by atoms with Crippen LogP contribution in [0.2, 0.25) is 0 Å². The maximum absolute atomic E-state index is 12.4. The molecule has 1 unspecified atom stereocenters. The second kappa shape index (κ2) is 7.92. The Morgan fingerprint density at radius 1 is 1.43 bits per heavy atom. The fourth-order valence-electron chi connectivity index (χ4n) is 2.82. The molecule has 7 nitrogen and oxygen atoms in total. The van der Waals surface area contributed by atoms with Crippen LogP contribution in [0.25, 0.3) is 0 Å². The highest BCUT2D eigenvalue weighted by molar-refractivity contribution is 5.99. The molecule has 1 saturated heterocycles. The Kier molecular flexibility index (Phi) is 5.92. The topological polar surface area (TPSA) is 91.8 Å². The van der Waals surface area contributed by atoms with E-state index in [1.54, 1.807) is 12.3 Å². The number of ether oxygens (including phenoxy) is 1. The van der Waals surface area contributed by atoms with E-state index in [1.165, 1.54) is 6.20 Å². The van der Waals surface area contributed by atoms with E-state index in [4.69, 9.17) is 4.74 Å². The van der Waals surface area contributed by atoms with Crippen molar-refractivity contribution in [3.63, 3.8) is 0 Å². The fourth-order valence-corrected chi connectivity index (χ4v) is 2.82. The molecule has 0 spiro atoms. The molecular formula is C16H23N3O4. The molecule has 1 aromatic heterocycles. The van der Waals surface area contributed by atoms with Gasteiger partial charge >= 0.3 is 5.97 Å². The van der Waals surface area contributed by atoms with Crippen molar-refractivity contribution in [2.45, 2.75) is 12.8 Å².